The summed E-state index contributed by atoms with van der Waals surface area (Å²) in [5.41, 5.74) is 2.02. The van der Waals surface area contributed by atoms with E-state index in [9.17, 15) is 9.18 Å². The van der Waals surface area contributed by atoms with Crippen molar-refractivity contribution in [2.45, 2.75) is 38.4 Å². The lowest BCUT2D eigenvalue weighted by atomic mass is 10.0. The molecule has 1 unspecified atom stereocenters. The molecule has 2 aromatic rings. The van der Waals surface area contributed by atoms with Crippen LogP contribution in [0, 0.1) is 5.82 Å². The lowest BCUT2D eigenvalue weighted by Crippen LogP contribution is -2.48. The van der Waals surface area contributed by atoms with Crippen molar-refractivity contribution in [1.82, 2.24) is 15.2 Å². The molecule has 0 radical (unpaired) electrons. The molecule has 1 aromatic carbocycles. The maximum Gasteiger partial charge on any atom is 0.237 e. The summed E-state index contributed by atoms with van der Waals surface area (Å²) < 4.78 is 12.9. The van der Waals surface area contributed by atoms with E-state index in [1.54, 1.807) is 18.3 Å². The van der Waals surface area contributed by atoms with Gasteiger partial charge in [0.1, 0.15) is 5.82 Å². The zero-order chi connectivity index (χ0) is 16.8. The average molecular weight is 327 g/mol. The number of nitrogens with one attached hydrogen (secondary N) is 1. The number of pyridine rings is 1. The van der Waals surface area contributed by atoms with Gasteiger partial charge in [-0.05, 0) is 48.7 Å². The standard InChI is InChI=1S/C19H22FN3O/c20-17-8-6-15(7-9-17)13-22-19(24)18-5-1-2-11-23(18)14-16-4-3-10-21-12-16/h3-4,6-10,12,18H,1-2,5,11,13-14H2,(H,22,24). The average Bonchev–Trinajstić information content (AvgIpc) is 2.62. The summed E-state index contributed by atoms with van der Waals surface area (Å²) in [5, 5.41) is 2.99. The van der Waals surface area contributed by atoms with Gasteiger partial charge in [-0.3, -0.25) is 14.7 Å². The molecule has 1 N–H and O–H groups in total. The van der Waals surface area contributed by atoms with Crippen LogP contribution >= 0.6 is 0 Å². The van der Waals surface area contributed by atoms with Crippen LogP contribution in [-0.4, -0.2) is 28.4 Å². The number of hydrogen-bond donors (Lipinski definition) is 1. The van der Waals surface area contributed by atoms with Crippen LogP contribution in [0.2, 0.25) is 0 Å². The second-order valence-electron chi connectivity index (χ2n) is 6.19. The Hall–Kier alpha value is -2.27. The Kier molecular flexibility index (Phi) is 5.54. The van der Waals surface area contributed by atoms with Gasteiger partial charge in [-0.2, -0.15) is 0 Å². The summed E-state index contributed by atoms with van der Waals surface area (Å²) in [4.78, 5) is 19.0. The van der Waals surface area contributed by atoms with E-state index in [0.29, 0.717) is 6.54 Å². The molecule has 0 aliphatic carbocycles. The quantitative estimate of drug-likeness (QED) is 0.918. The van der Waals surface area contributed by atoms with E-state index in [0.717, 1.165) is 43.5 Å². The highest BCUT2D eigenvalue weighted by Crippen LogP contribution is 2.19. The first-order valence-corrected chi connectivity index (χ1v) is 8.37. The van der Waals surface area contributed by atoms with Crippen LogP contribution < -0.4 is 5.32 Å². The predicted octanol–water partition coefficient (Wildman–Crippen LogP) is 2.89. The predicted molar refractivity (Wildman–Crippen MR) is 90.5 cm³/mol. The molecule has 3 rings (SSSR count). The summed E-state index contributed by atoms with van der Waals surface area (Å²) in [6.07, 6.45) is 6.66. The lowest BCUT2D eigenvalue weighted by molar-refractivity contribution is -0.128. The molecule has 1 aliphatic rings. The normalized spacial score (nSPS) is 18.3. The minimum atomic E-state index is -0.264. The highest BCUT2D eigenvalue weighted by Gasteiger charge is 2.28. The Bertz CT molecular complexity index is 660. The van der Waals surface area contributed by atoms with Crippen molar-refractivity contribution in [2.24, 2.45) is 0 Å². The number of nitrogens with zero attached hydrogens (tertiary/aromatic N) is 2. The van der Waals surface area contributed by atoms with E-state index in [-0.39, 0.29) is 17.8 Å². The first-order valence-electron chi connectivity index (χ1n) is 8.37. The lowest BCUT2D eigenvalue weighted by Gasteiger charge is -2.34. The van der Waals surface area contributed by atoms with Crippen LogP contribution in [0.4, 0.5) is 4.39 Å². The molecule has 1 aliphatic heterocycles. The van der Waals surface area contributed by atoms with Gasteiger partial charge in [0.25, 0.3) is 0 Å². The topological polar surface area (TPSA) is 45.2 Å². The second kappa shape index (κ2) is 8.02. The molecule has 2 heterocycles. The van der Waals surface area contributed by atoms with Gasteiger partial charge < -0.3 is 5.32 Å². The second-order valence-corrected chi connectivity index (χ2v) is 6.19. The van der Waals surface area contributed by atoms with Gasteiger partial charge in [0.2, 0.25) is 5.91 Å². The summed E-state index contributed by atoms with van der Waals surface area (Å²) in [5.74, 6) is -0.220. The third-order valence-electron chi connectivity index (χ3n) is 4.40. The number of carbonyl (C=O) groups is 1. The zero-order valence-electron chi connectivity index (χ0n) is 13.6. The molecule has 0 saturated carbocycles. The van der Waals surface area contributed by atoms with Crippen molar-refractivity contribution in [1.29, 1.82) is 0 Å². The number of aromatic nitrogens is 1. The van der Waals surface area contributed by atoms with Crippen LogP contribution in [0.1, 0.15) is 30.4 Å². The van der Waals surface area contributed by atoms with Crippen LogP contribution in [0.25, 0.3) is 0 Å². The summed E-state index contributed by atoms with van der Waals surface area (Å²) in [6, 6.07) is 10.1. The molecule has 0 bridgehead atoms. The maximum absolute atomic E-state index is 12.9. The number of hydrogen-bond acceptors (Lipinski definition) is 3. The van der Waals surface area contributed by atoms with Crippen LogP contribution in [0.5, 0.6) is 0 Å². The number of likely N-dealkylation sites (tertiary alicyclic amines) is 1. The summed E-state index contributed by atoms with van der Waals surface area (Å²) in [7, 11) is 0. The Morgan fingerprint density at radius 1 is 1.21 bits per heavy atom. The fourth-order valence-electron chi connectivity index (χ4n) is 3.11. The number of amides is 1. The fourth-order valence-corrected chi connectivity index (χ4v) is 3.11. The molecule has 1 fully saturated rings. The van der Waals surface area contributed by atoms with E-state index in [1.165, 1.54) is 12.1 Å². The monoisotopic (exact) mass is 327 g/mol. The minimum absolute atomic E-state index is 0.0444. The van der Waals surface area contributed by atoms with E-state index in [4.69, 9.17) is 0 Å². The molecule has 5 heteroatoms. The Morgan fingerprint density at radius 3 is 2.79 bits per heavy atom. The zero-order valence-corrected chi connectivity index (χ0v) is 13.6. The molecule has 24 heavy (non-hydrogen) atoms. The van der Waals surface area contributed by atoms with Crippen molar-refractivity contribution in [3.05, 3.63) is 65.7 Å². The van der Waals surface area contributed by atoms with Gasteiger partial charge >= 0.3 is 0 Å². The van der Waals surface area contributed by atoms with Crippen LogP contribution in [0.15, 0.2) is 48.8 Å². The van der Waals surface area contributed by atoms with Crippen molar-refractivity contribution < 1.29 is 9.18 Å². The number of carbonyl (C=O) groups excluding carboxylic acids is 1. The third kappa shape index (κ3) is 4.38. The molecule has 1 amide bonds. The van der Waals surface area contributed by atoms with Crippen molar-refractivity contribution in [3.63, 3.8) is 0 Å². The van der Waals surface area contributed by atoms with Crippen LogP contribution in [0.3, 0.4) is 0 Å². The number of piperidine rings is 1. The molecule has 4 nitrogen and oxygen atoms in total. The number of rotatable bonds is 5. The smallest absolute Gasteiger partial charge is 0.237 e. The molecule has 0 spiro atoms. The molecule has 1 aromatic heterocycles. The van der Waals surface area contributed by atoms with Crippen molar-refractivity contribution in [3.8, 4) is 0 Å². The molecule has 1 atom stereocenters. The van der Waals surface area contributed by atoms with Gasteiger partial charge in [-0.15, -0.1) is 0 Å². The first kappa shape index (κ1) is 16.6. The highest BCUT2D eigenvalue weighted by molar-refractivity contribution is 5.81. The molecular formula is C19H22FN3O. The number of benzene rings is 1. The fraction of sp³-hybridized carbons (Fsp3) is 0.368. The molecular weight excluding hydrogens is 305 g/mol. The molecule has 126 valence electrons. The van der Waals surface area contributed by atoms with Gasteiger partial charge in [0, 0.05) is 25.5 Å². The van der Waals surface area contributed by atoms with Gasteiger partial charge in [-0.25, -0.2) is 4.39 Å². The largest absolute Gasteiger partial charge is 0.351 e. The van der Waals surface area contributed by atoms with E-state index in [2.05, 4.69) is 15.2 Å². The SMILES string of the molecule is O=C(NCc1ccc(F)cc1)C1CCCCN1Cc1cccnc1. The third-order valence-corrected chi connectivity index (χ3v) is 4.40. The van der Waals surface area contributed by atoms with Gasteiger partial charge in [-0.1, -0.05) is 24.6 Å². The van der Waals surface area contributed by atoms with Crippen LogP contribution in [-0.2, 0) is 17.9 Å². The summed E-state index contributed by atoms with van der Waals surface area (Å²) in [6.45, 7) is 2.09. The maximum atomic E-state index is 12.9. The minimum Gasteiger partial charge on any atom is -0.351 e. The van der Waals surface area contributed by atoms with Crippen molar-refractivity contribution >= 4 is 5.91 Å². The van der Waals surface area contributed by atoms with Crippen molar-refractivity contribution in [2.75, 3.05) is 6.54 Å². The molecule has 1 saturated heterocycles. The van der Waals surface area contributed by atoms with Gasteiger partial charge in [0.05, 0.1) is 6.04 Å². The van der Waals surface area contributed by atoms with E-state index in [1.807, 2.05) is 18.3 Å². The Morgan fingerprint density at radius 2 is 2.04 bits per heavy atom. The summed E-state index contributed by atoms with van der Waals surface area (Å²) >= 11 is 0. The Labute approximate surface area is 141 Å². The number of halogens is 1. The van der Waals surface area contributed by atoms with Gasteiger partial charge in [0.15, 0.2) is 0 Å². The Balaban J connectivity index is 1.59. The first-order chi connectivity index (χ1) is 11.7. The van der Waals surface area contributed by atoms with E-state index >= 15 is 0 Å². The highest BCUT2D eigenvalue weighted by atomic mass is 19.1. The van der Waals surface area contributed by atoms with E-state index < -0.39 is 0 Å².